The Morgan fingerprint density at radius 2 is 2.14 bits per heavy atom. The van der Waals surface area contributed by atoms with E-state index in [1.807, 2.05) is 0 Å². The average Bonchev–Trinajstić information content (AvgIpc) is 2.13. The van der Waals surface area contributed by atoms with Crippen molar-refractivity contribution in [1.29, 1.82) is 0 Å². The number of terminal acetylenes is 1. The summed E-state index contributed by atoms with van der Waals surface area (Å²) in [5.41, 5.74) is -0.984. The predicted molar refractivity (Wildman–Crippen MR) is 54.3 cm³/mol. The van der Waals surface area contributed by atoms with Crippen LogP contribution in [-0.4, -0.2) is 23.9 Å². The Kier molecular flexibility index (Phi) is 4.44. The van der Waals surface area contributed by atoms with Gasteiger partial charge in [0.25, 0.3) is 0 Å². The summed E-state index contributed by atoms with van der Waals surface area (Å²) in [5.74, 6) is 1.55. The lowest BCUT2D eigenvalue weighted by atomic mass is 10.0. The molecule has 4 nitrogen and oxygen atoms in total. The zero-order valence-corrected chi connectivity index (χ0v) is 8.39. The van der Waals surface area contributed by atoms with Crippen molar-refractivity contribution in [3.05, 3.63) is 12.7 Å². The van der Waals surface area contributed by atoms with E-state index in [1.54, 1.807) is 13.8 Å². The molecule has 0 unspecified atom stereocenters. The molecule has 2 N–H and O–H groups in total. The highest BCUT2D eigenvalue weighted by Gasteiger charge is 2.27. The van der Waals surface area contributed by atoms with E-state index in [1.165, 1.54) is 0 Å². The topological polar surface area (TPSA) is 58.2 Å². The lowest BCUT2D eigenvalue weighted by Gasteiger charge is -2.23. The van der Waals surface area contributed by atoms with Crippen LogP contribution >= 0.6 is 0 Å². The molecule has 76 valence electrons. The highest BCUT2D eigenvalue weighted by atomic mass is 16.2. The van der Waals surface area contributed by atoms with Gasteiger partial charge in [-0.15, -0.1) is 6.42 Å². The molecule has 0 bridgehead atoms. The third-order valence-electron chi connectivity index (χ3n) is 1.54. The first kappa shape index (κ1) is 12.2. The van der Waals surface area contributed by atoms with E-state index in [0.29, 0.717) is 0 Å². The molecule has 0 radical (unpaired) electrons. The largest absolute Gasteiger partial charge is 0.343 e. The molecule has 0 rings (SSSR count). The van der Waals surface area contributed by atoms with Gasteiger partial charge >= 0.3 is 0 Å². The second-order valence-corrected chi connectivity index (χ2v) is 3.21. The molecule has 0 aromatic carbocycles. The maximum atomic E-state index is 11.4. The molecule has 0 aromatic rings. The number of amides is 2. The summed E-state index contributed by atoms with van der Waals surface area (Å²) in [6.45, 7) is 6.60. The van der Waals surface area contributed by atoms with Crippen molar-refractivity contribution >= 4 is 11.8 Å². The van der Waals surface area contributed by atoms with Crippen LogP contribution in [0, 0.1) is 12.3 Å². The number of rotatable bonds is 4. The monoisotopic (exact) mass is 194 g/mol. The Morgan fingerprint density at radius 3 is 2.57 bits per heavy atom. The number of carbonyl (C=O) groups excluding carboxylic acids is 2. The molecule has 2 amide bonds. The van der Waals surface area contributed by atoms with E-state index in [9.17, 15) is 9.59 Å². The van der Waals surface area contributed by atoms with Gasteiger partial charge in [-0.25, -0.2) is 0 Å². The zero-order chi connectivity index (χ0) is 11.2. The van der Waals surface area contributed by atoms with Gasteiger partial charge in [0.2, 0.25) is 11.8 Å². The third-order valence-corrected chi connectivity index (χ3v) is 1.54. The van der Waals surface area contributed by atoms with Gasteiger partial charge in [-0.05, 0) is 19.9 Å². The first-order valence-corrected chi connectivity index (χ1v) is 4.10. The van der Waals surface area contributed by atoms with E-state index in [4.69, 9.17) is 6.42 Å². The first-order valence-electron chi connectivity index (χ1n) is 4.10. The number of hydrogen-bond donors (Lipinski definition) is 2. The molecule has 14 heavy (non-hydrogen) atoms. The molecule has 4 heteroatoms. The Morgan fingerprint density at radius 1 is 1.57 bits per heavy atom. The van der Waals surface area contributed by atoms with Gasteiger partial charge in [0, 0.05) is 0 Å². The molecule has 0 saturated heterocycles. The predicted octanol–water partition coefficient (Wildman–Crippen LogP) is -0.183. The lowest BCUT2D eigenvalue weighted by Crippen LogP contribution is -2.54. The molecule has 0 atom stereocenters. The zero-order valence-electron chi connectivity index (χ0n) is 8.39. The van der Waals surface area contributed by atoms with Crippen LogP contribution in [0.15, 0.2) is 12.7 Å². The van der Waals surface area contributed by atoms with Crippen LogP contribution in [0.4, 0.5) is 0 Å². The number of carbonyl (C=O) groups is 2. The van der Waals surface area contributed by atoms with Crippen molar-refractivity contribution in [2.75, 3.05) is 6.54 Å². The van der Waals surface area contributed by atoms with Gasteiger partial charge in [0.15, 0.2) is 0 Å². The molecule has 0 spiro atoms. The summed E-state index contributed by atoms with van der Waals surface area (Å²) >= 11 is 0. The van der Waals surface area contributed by atoms with Crippen molar-refractivity contribution in [3.8, 4) is 12.3 Å². The van der Waals surface area contributed by atoms with Crippen LogP contribution in [0.25, 0.3) is 0 Å². The normalized spacial score (nSPS) is 9.79. The van der Waals surface area contributed by atoms with Crippen LogP contribution < -0.4 is 10.6 Å². The second-order valence-electron chi connectivity index (χ2n) is 3.21. The molecule has 0 aliphatic carbocycles. The van der Waals surface area contributed by atoms with Crippen LogP contribution in [-0.2, 0) is 9.59 Å². The molecule has 0 heterocycles. The standard InChI is InChI=1S/C10H14N2O2/c1-5-7-11-9(14)10(3,4)12-8(13)6-2/h1,6H,2,7H2,3-4H3,(H,11,14)(H,12,13). The molecule has 0 aromatic heterocycles. The van der Waals surface area contributed by atoms with Gasteiger partial charge < -0.3 is 10.6 Å². The number of hydrogen-bond acceptors (Lipinski definition) is 2. The van der Waals surface area contributed by atoms with E-state index in [0.717, 1.165) is 6.08 Å². The highest BCUT2D eigenvalue weighted by molar-refractivity contribution is 5.94. The van der Waals surface area contributed by atoms with Crippen LogP contribution in [0.3, 0.4) is 0 Å². The summed E-state index contributed by atoms with van der Waals surface area (Å²) < 4.78 is 0. The quantitative estimate of drug-likeness (QED) is 0.481. The Bertz CT molecular complexity index is 287. The molecular weight excluding hydrogens is 180 g/mol. The van der Waals surface area contributed by atoms with E-state index in [-0.39, 0.29) is 12.5 Å². The first-order chi connectivity index (χ1) is 6.44. The summed E-state index contributed by atoms with van der Waals surface area (Å²) in [7, 11) is 0. The highest BCUT2D eigenvalue weighted by Crippen LogP contribution is 2.01. The summed E-state index contributed by atoms with van der Waals surface area (Å²) in [4.78, 5) is 22.4. The maximum Gasteiger partial charge on any atom is 0.245 e. The smallest absolute Gasteiger partial charge is 0.245 e. The van der Waals surface area contributed by atoms with Gasteiger partial charge in [-0.1, -0.05) is 12.5 Å². The second kappa shape index (κ2) is 5.07. The Balaban J connectivity index is 4.31. The van der Waals surface area contributed by atoms with Gasteiger partial charge in [-0.2, -0.15) is 0 Å². The average molecular weight is 194 g/mol. The van der Waals surface area contributed by atoms with E-state index in [2.05, 4.69) is 23.1 Å². The van der Waals surface area contributed by atoms with E-state index < -0.39 is 11.4 Å². The van der Waals surface area contributed by atoms with Crippen molar-refractivity contribution in [1.82, 2.24) is 10.6 Å². The minimum Gasteiger partial charge on any atom is -0.343 e. The van der Waals surface area contributed by atoms with Gasteiger partial charge in [-0.3, -0.25) is 9.59 Å². The van der Waals surface area contributed by atoms with Crippen molar-refractivity contribution in [2.24, 2.45) is 0 Å². The van der Waals surface area contributed by atoms with Gasteiger partial charge in [0.05, 0.1) is 6.54 Å². The fraction of sp³-hybridized carbons (Fsp3) is 0.400. The van der Waals surface area contributed by atoms with Gasteiger partial charge in [0.1, 0.15) is 5.54 Å². The van der Waals surface area contributed by atoms with Crippen LogP contribution in [0.1, 0.15) is 13.8 Å². The Labute approximate surface area is 83.8 Å². The minimum atomic E-state index is -0.984. The fourth-order valence-corrected chi connectivity index (χ4v) is 0.768. The molecule has 0 saturated carbocycles. The summed E-state index contributed by atoms with van der Waals surface area (Å²) in [6, 6.07) is 0. The van der Waals surface area contributed by atoms with Crippen molar-refractivity contribution < 1.29 is 9.59 Å². The van der Waals surface area contributed by atoms with Crippen LogP contribution in [0.5, 0.6) is 0 Å². The maximum absolute atomic E-state index is 11.4. The SMILES string of the molecule is C#CCNC(=O)C(C)(C)NC(=O)C=C. The minimum absolute atomic E-state index is 0.145. The molecule has 0 fully saturated rings. The number of nitrogens with one attached hydrogen (secondary N) is 2. The van der Waals surface area contributed by atoms with Crippen molar-refractivity contribution in [2.45, 2.75) is 19.4 Å². The Hall–Kier alpha value is -1.76. The molecule has 0 aliphatic rings. The third kappa shape index (κ3) is 3.76. The summed E-state index contributed by atoms with van der Waals surface area (Å²) in [5, 5.41) is 4.95. The summed E-state index contributed by atoms with van der Waals surface area (Å²) in [6.07, 6.45) is 6.09. The lowest BCUT2D eigenvalue weighted by molar-refractivity contribution is -0.130. The van der Waals surface area contributed by atoms with E-state index >= 15 is 0 Å². The fourth-order valence-electron chi connectivity index (χ4n) is 0.768. The molecule has 0 aliphatic heterocycles. The molecular formula is C10H14N2O2. The van der Waals surface area contributed by atoms with Crippen LogP contribution in [0.2, 0.25) is 0 Å². The van der Waals surface area contributed by atoms with Crippen molar-refractivity contribution in [3.63, 3.8) is 0 Å².